The van der Waals surface area contributed by atoms with Gasteiger partial charge in [0, 0.05) is 27.2 Å². The van der Waals surface area contributed by atoms with Gasteiger partial charge in [0.1, 0.15) is 11.2 Å². The highest BCUT2D eigenvalue weighted by molar-refractivity contribution is 6.11. The number of nitrogens with zero attached hydrogens (tertiary/aromatic N) is 1. The second kappa shape index (κ2) is 6.85. The van der Waals surface area contributed by atoms with Crippen LogP contribution in [0.1, 0.15) is 5.56 Å². The lowest BCUT2D eigenvalue weighted by molar-refractivity contribution is 0.669. The summed E-state index contributed by atoms with van der Waals surface area (Å²) < 4.78 is 8.39. The molecule has 33 heavy (non-hydrogen) atoms. The van der Waals surface area contributed by atoms with Crippen molar-refractivity contribution in [2.45, 2.75) is 6.92 Å². The molecular formula is C31H21NO. The zero-order chi connectivity index (χ0) is 21.9. The fourth-order valence-electron chi connectivity index (χ4n) is 5.03. The van der Waals surface area contributed by atoms with Crippen molar-refractivity contribution >= 4 is 43.7 Å². The summed E-state index contributed by atoms with van der Waals surface area (Å²) in [6.45, 7) is 2.13. The van der Waals surface area contributed by atoms with Gasteiger partial charge in [0.2, 0.25) is 0 Å². The first kappa shape index (κ1) is 18.3. The smallest absolute Gasteiger partial charge is 0.135 e. The van der Waals surface area contributed by atoms with Gasteiger partial charge in [-0.1, -0.05) is 66.2 Å². The molecular weight excluding hydrogens is 402 g/mol. The van der Waals surface area contributed by atoms with E-state index in [0.717, 1.165) is 21.9 Å². The fourth-order valence-corrected chi connectivity index (χ4v) is 5.03. The van der Waals surface area contributed by atoms with Gasteiger partial charge in [0.25, 0.3) is 0 Å². The van der Waals surface area contributed by atoms with E-state index in [0.29, 0.717) is 0 Å². The Bertz CT molecular complexity index is 1820. The average molecular weight is 424 g/mol. The van der Waals surface area contributed by atoms with Crippen molar-refractivity contribution in [1.29, 1.82) is 0 Å². The number of aromatic nitrogens is 1. The quantitative estimate of drug-likeness (QED) is 0.272. The van der Waals surface area contributed by atoms with E-state index in [4.69, 9.17) is 4.42 Å². The van der Waals surface area contributed by atoms with E-state index >= 15 is 0 Å². The molecule has 156 valence electrons. The van der Waals surface area contributed by atoms with Crippen LogP contribution >= 0.6 is 0 Å². The third kappa shape index (κ3) is 2.74. The van der Waals surface area contributed by atoms with Gasteiger partial charge in [0.05, 0.1) is 11.0 Å². The SMILES string of the molecule is Cc1ccc(-n2c3ccccc3c3cc(-c4ccc5oc6ccccc6c5c4)ccc32)cc1. The van der Waals surface area contributed by atoms with Crippen LogP contribution in [0, 0.1) is 6.92 Å². The fraction of sp³-hybridized carbons (Fsp3) is 0.0323. The Morgan fingerprint density at radius 1 is 0.515 bits per heavy atom. The van der Waals surface area contributed by atoms with Crippen LogP contribution < -0.4 is 0 Å². The number of hydrogen-bond acceptors (Lipinski definition) is 1. The van der Waals surface area contributed by atoms with Crippen LogP contribution in [0.3, 0.4) is 0 Å². The minimum absolute atomic E-state index is 0.928. The summed E-state index contributed by atoms with van der Waals surface area (Å²) in [5, 5.41) is 4.85. The Labute approximate surface area is 191 Å². The lowest BCUT2D eigenvalue weighted by Crippen LogP contribution is -1.93. The minimum atomic E-state index is 0.928. The van der Waals surface area contributed by atoms with Gasteiger partial charge >= 0.3 is 0 Å². The molecule has 2 heteroatoms. The van der Waals surface area contributed by atoms with Crippen molar-refractivity contribution in [2.75, 3.05) is 0 Å². The van der Waals surface area contributed by atoms with E-state index in [9.17, 15) is 0 Å². The molecule has 0 bridgehead atoms. The highest BCUT2D eigenvalue weighted by atomic mass is 16.3. The first-order valence-electron chi connectivity index (χ1n) is 11.3. The summed E-state index contributed by atoms with van der Waals surface area (Å²) in [6.07, 6.45) is 0. The average Bonchev–Trinajstić information content (AvgIpc) is 3.39. The Hall–Kier alpha value is -4.30. The molecule has 7 aromatic rings. The van der Waals surface area contributed by atoms with Gasteiger partial charge < -0.3 is 8.98 Å². The van der Waals surface area contributed by atoms with Crippen LogP contribution in [-0.2, 0) is 0 Å². The number of rotatable bonds is 2. The molecule has 2 nitrogen and oxygen atoms in total. The number of para-hydroxylation sites is 2. The first-order valence-corrected chi connectivity index (χ1v) is 11.3. The molecule has 0 spiro atoms. The summed E-state index contributed by atoms with van der Waals surface area (Å²) in [5.74, 6) is 0. The van der Waals surface area contributed by atoms with E-state index in [-0.39, 0.29) is 0 Å². The van der Waals surface area contributed by atoms with Crippen molar-refractivity contribution in [3.05, 3.63) is 115 Å². The Morgan fingerprint density at radius 2 is 1.15 bits per heavy atom. The van der Waals surface area contributed by atoms with E-state index in [1.165, 1.54) is 44.2 Å². The van der Waals surface area contributed by atoms with Gasteiger partial charge in [-0.05, 0) is 66.6 Å². The predicted molar refractivity (Wildman–Crippen MR) is 138 cm³/mol. The van der Waals surface area contributed by atoms with Gasteiger partial charge in [0.15, 0.2) is 0 Å². The molecule has 0 saturated carbocycles. The number of hydrogen-bond donors (Lipinski definition) is 0. The molecule has 0 aliphatic rings. The molecule has 0 unspecified atom stereocenters. The molecule has 0 fully saturated rings. The minimum Gasteiger partial charge on any atom is -0.456 e. The summed E-state index contributed by atoms with van der Waals surface area (Å²) in [4.78, 5) is 0. The Balaban J connectivity index is 1.47. The molecule has 5 aromatic carbocycles. The van der Waals surface area contributed by atoms with E-state index in [1.807, 2.05) is 12.1 Å². The molecule has 0 aliphatic heterocycles. The van der Waals surface area contributed by atoms with Gasteiger partial charge in [-0.25, -0.2) is 0 Å². The molecule has 0 N–H and O–H groups in total. The maximum absolute atomic E-state index is 6.03. The maximum Gasteiger partial charge on any atom is 0.135 e. The zero-order valence-electron chi connectivity index (χ0n) is 18.2. The van der Waals surface area contributed by atoms with Crippen molar-refractivity contribution in [3.8, 4) is 16.8 Å². The Morgan fingerprint density at radius 3 is 2.00 bits per heavy atom. The Kier molecular flexibility index (Phi) is 3.80. The number of furan rings is 1. The van der Waals surface area contributed by atoms with Crippen LogP contribution in [0.2, 0.25) is 0 Å². The van der Waals surface area contributed by atoms with Crippen LogP contribution in [0.25, 0.3) is 60.6 Å². The van der Waals surface area contributed by atoms with E-state index in [1.54, 1.807) is 0 Å². The van der Waals surface area contributed by atoms with Crippen molar-refractivity contribution in [1.82, 2.24) is 4.57 Å². The lowest BCUT2D eigenvalue weighted by Gasteiger charge is -2.09. The maximum atomic E-state index is 6.03. The third-order valence-electron chi connectivity index (χ3n) is 6.67. The zero-order valence-corrected chi connectivity index (χ0v) is 18.2. The standard InChI is InChI=1S/C31H21NO/c1-20-10-14-23(15-11-20)32-28-8-4-2-6-24(28)26-18-21(12-16-29(26)32)22-13-17-31-27(19-22)25-7-3-5-9-30(25)33-31/h2-19H,1H3. The summed E-state index contributed by atoms with van der Waals surface area (Å²) in [5.41, 5.74) is 9.17. The molecule has 7 rings (SSSR count). The number of aryl methyl sites for hydroxylation is 1. The lowest BCUT2D eigenvalue weighted by atomic mass is 10.0. The largest absolute Gasteiger partial charge is 0.456 e. The van der Waals surface area contributed by atoms with Crippen LogP contribution in [0.4, 0.5) is 0 Å². The molecule has 0 aliphatic carbocycles. The highest BCUT2D eigenvalue weighted by Gasteiger charge is 2.14. The molecule has 0 radical (unpaired) electrons. The third-order valence-corrected chi connectivity index (χ3v) is 6.67. The van der Waals surface area contributed by atoms with Gasteiger partial charge in [-0.15, -0.1) is 0 Å². The van der Waals surface area contributed by atoms with Crippen LogP contribution in [0.15, 0.2) is 114 Å². The molecule has 2 heterocycles. The van der Waals surface area contributed by atoms with E-state index < -0.39 is 0 Å². The van der Waals surface area contributed by atoms with Crippen molar-refractivity contribution in [2.24, 2.45) is 0 Å². The van der Waals surface area contributed by atoms with Crippen molar-refractivity contribution < 1.29 is 4.42 Å². The van der Waals surface area contributed by atoms with Crippen LogP contribution in [0.5, 0.6) is 0 Å². The van der Waals surface area contributed by atoms with Gasteiger partial charge in [-0.2, -0.15) is 0 Å². The second-order valence-electron chi connectivity index (χ2n) is 8.73. The number of benzene rings is 5. The van der Waals surface area contributed by atoms with E-state index in [2.05, 4.69) is 109 Å². The topological polar surface area (TPSA) is 18.1 Å². The van der Waals surface area contributed by atoms with Gasteiger partial charge in [-0.3, -0.25) is 0 Å². The number of fused-ring (bicyclic) bond motifs is 6. The summed E-state index contributed by atoms with van der Waals surface area (Å²) >= 11 is 0. The normalized spacial score (nSPS) is 11.8. The van der Waals surface area contributed by atoms with Crippen LogP contribution in [-0.4, -0.2) is 4.57 Å². The first-order chi connectivity index (χ1) is 16.3. The second-order valence-corrected chi connectivity index (χ2v) is 8.73. The summed E-state index contributed by atoms with van der Waals surface area (Å²) in [7, 11) is 0. The molecule has 2 aromatic heterocycles. The predicted octanol–water partition coefficient (Wildman–Crippen LogP) is 8.66. The molecule has 0 atom stereocenters. The summed E-state index contributed by atoms with van der Waals surface area (Å²) in [6, 6.07) is 39.0. The van der Waals surface area contributed by atoms with Crippen molar-refractivity contribution in [3.63, 3.8) is 0 Å². The molecule has 0 saturated heterocycles. The monoisotopic (exact) mass is 423 g/mol. The highest BCUT2D eigenvalue weighted by Crippen LogP contribution is 2.37. The molecule has 0 amide bonds.